The number of piperidine rings is 1. The summed E-state index contributed by atoms with van der Waals surface area (Å²) in [4.78, 5) is 28.9. The third-order valence-electron chi connectivity index (χ3n) is 5.69. The minimum atomic E-state index is -0.106. The normalized spacial score (nSPS) is 17.8. The van der Waals surface area contributed by atoms with E-state index in [-0.39, 0.29) is 17.9 Å². The second-order valence-corrected chi connectivity index (χ2v) is 8.68. The van der Waals surface area contributed by atoms with Crippen molar-refractivity contribution >= 4 is 34.7 Å². The first kappa shape index (κ1) is 20.7. The maximum absolute atomic E-state index is 13.2. The highest BCUT2D eigenvalue weighted by Gasteiger charge is 2.29. The van der Waals surface area contributed by atoms with Gasteiger partial charge in [-0.25, -0.2) is 15.0 Å². The van der Waals surface area contributed by atoms with Gasteiger partial charge < -0.3 is 14.8 Å². The van der Waals surface area contributed by atoms with Crippen molar-refractivity contribution in [3.05, 3.63) is 48.5 Å². The SMILES string of the molecule is CSCC[C@@H](NC(=O)[C@H]1CCCN(c2ncccn2)C1)c1nc2ccccc2n1C. The molecule has 4 rings (SSSR count). The number of thioether (sulfide) groups is 1. The molecule has 3 heterocycles. The van der Waals surface area contributed by atoms with Crippen LogP contribution in [0.5, 0.6) is 0 Å². The highest BCUT2D eigenvalue weighted by molar-refractivity contribution is 7.98. The molecule has 1 saturated heterocycles. The number of para-hydroxylation sites is 2. The number of carbonyl (C=O) groups excluding carboxylic acids is 1. The molecule has 30 heavy (non-hydrogen) atoms. The molecule has 1 aliphatic heterocycles. The number of aryl methyl sites for hydroxylation is 1. The van der Waals surface area contributed by atoms with Crippen LogP contribution in [0.2, 0.25) is 0 Å². The summed E-state index contributed by atoms with van der Waals surface area (Å²) in [6.45, 7) is 1.53. The smallest absolute Gasteiger partial charge is 0.225 e. The van der Waals surface area contributed by atoms with E-state index < -0.39 is 0 Å². The Balaban J connectivity index is 1.51. The van der Waals surface area contributed by atoms with Crippen LogP contribution in [0.15, 0.2) is 42.7 Å². The number of hydrogen-bond donors (Lipinski definition) is 1. The topological polar surface area (TPSA) is 75.9 Å². The Bertz CT molecular complexity index is 992. The van der Waals surface area contributed by atoms with E-state index in [1.165, 1.54) is 0 Å². The summed E-state index contributed by atoms with van der Waals surface area (Å²) in [5, 5.41) is 3.31. The molecule has 0 spiro atoms. The quantitative estimate of drug-likeness (QED) is 0.628. The van der Waals surface area contributed by atoms with Crippen LogP contribution in [-0.2, 0) is 11.8 Å². The molecule has 0 bridgehead atoms. The molecule has 1 N–H and O–H groups in total. The van der Waals surface area contributed by atoms with Gasteiger partial charge in [-0.15, -0.1) is 0 Å². The molecular weight excluding hydrogens is 396 g/mol. The van der Waals surface area contributed by atoms with Crippen molar-refractivity contribution in [2.45, 2.75) is 25.3 Å². The van der Waals surface area contributed by atoms with Crippen molar-refractivity contribution in [2.75, 3.05) is 30.0 Å². The molecule has 1 amide bonds. The average Bonchev–Trinajstić information content (AvgIpc) is 3.14. The molecule has 1 fully saturated rings. The third kappa shape index (κ3) is 4.43. The van der Waals surface area contributed by atoms with Gasteiger partial charge in [0.2, 0.25) is 11.9 Å². The molecule has 1 aliphatic rings. The number of carbonyl (C=O) groups is 1. The molecule has 3 aromatic rings. The monoisotopic (exact) mass is 424 g/mol. The number of hydrogen-bond acceptors (Lipinski definition) is 6. The van der Waals surface area contributed by atoms with Crippen LogP contribution < -0.4 is 10.2 Å². The van der Waals surface area contributed by atoms with E-state index in [9.17, 15) is 4.79 Å². The van der Waals surface area contributed by atoms with Gasteiger partial charge in [0.15, 0.2) is 0 Å². The maximum atomic E-state index is 13.2. The fourth-order valence-corrected chi connectivity index (χ4v) is 4.57. The summed E-state index contributed by atoms with van der Waals surface area (Å²) in [5.74, 6) is 2.59. The lowest BCUT2D eigenvalue weighted by Crippen LogP contribution is -2.45. The minimum Gasteiger partial charge on any atom is -0.346 e. The molecule has 1 aromatic carbocycles. The van der Waals surface area contributed by atoms with Crippen molar-refractivity contribution in [3.63, 3.8) is 0 Å². The molecule has 7 nitrogen and oxygen atoms in total. The third-order valence-corrected chi connectivity index (χ3v) is 6.33. The standard InChI is InChI=1S/C22H28N6OS/c1-27-19-9-4-3-8-17(19)25-20(27)18(10-14-30-2)26-21(29)16-7-5-13-28(15-16)22-23-11-6-12-24-22/h3-4,6,8-9,11-12,16,18H,5,7,10,13-15H2,1-2H3,(H,26,29)/t16-,18+/m0/s1. The van der Waals surface area contributed by atoms with Crippen LogP contribution >= 0.6 is 11.8 Å². The molecular formula is C22H28N6OS. The Morgan fingerprint density at radius 2 is 2.07 bits per heavy atom. The van der Waals surface area contributed by atoms with Gasteiger partial charge in [0.1, 0.15) is 5.82 Å². The first-order valence-corrected chi connectivity index (χ1v) is 11.8. The van der Waals surface area contributed by atoms with Gasteiger partial charge >= 0.3 is 0 Å². The Kier molecular flexibility index (Phi) is 6.52. The highest BCUT2D eigenvalue weighted by atomic mass is 32.2. The summed E-state index contributed by atoms with van der Waals surface area (Å²) < 4.78 is 2.10. The van der Waals surface area contributed by atoms with Crippen LogP contribution in [0.25, 0.3) is 11.0 Å². The van der Waals surface area contributed by atoms with Gasteiger partial charge in [-0.1, -0.05) is 12.1 Å². The summed E-state index contributed by atoms with van der Waals surface area (Å²) in [6.07, 6.45) is 8.27. The first-order chi connectivity index (χ1) is 14.7. The lowest BCUT2D eigenvalue weighted by Gasteiger charge is -2.32. The molecule has 158 valence electrons. The van der Waals surface area contributed by atoms with E-state index in [1.54, 1.807) is 24.2 Å². The number of nitrogens with one attached hydrogen (secondary N) is 1. The largest absolute Gasteiger partial charge is 0.346 e. The van der Waals surface area contributed by atoms with Crippen molar-refractivity contribution in [1.82, 2.24) is 24.8 Å². The van der Waals surface area contributed by atoms with Gasteiger partial charge in [0.05, 0.1) is 23.0 Å². The van der Waals surface area contributed by atoms with E-state index in [1.807, 2.05) is 31.3 Å². The van der Waals surface area contributed by atoms with Gasteiger partial charge in [-0.3, -0.25) is 4.79 Å². The molecule has 0 aliphatic carbocycles. The summed E-state index contributed by atoms with van der Waals surface area (Å²) in [7, 11) is 2.03. The molecule has 2 aromatic heterocycles. The molecule has 0 radical (unpaired) electrons. The second-order valence-electron chi connectivity index (χ2n) is 7.69. The van der Waals surface area contributed by atoms with E-state index >= 15 is 0 Å². The van der Waals surface area contributed by atoms with Gasteiger partial charge in [-0.2, -0.15) is 11.8 Å². The Morgan fingerprint density at radius 1 is 1.27 bits per heavy atom. The lowest BCUT2D eigenvalue weighted by atomic mass is 9.96. The van der Waals surface area contributed by atoms with E-state index in [0.717, 1.165) is 48.4 Å². The number of nitrogens with zero attached hydrogens (tertiary/aromatic N) is 5. The number of imidazole rings is 1. The van der Waals surface area contributed by atoms with Crippen molar-refractivity contribution < 1.29 is 4.79 Å². The Labute approximate surface area is 181 Å². The van der Waals surface area contributed by atoms with E-state index in [0.29, 0.717) is 12.5 Å². The number of benzene rings is 1. The number of amides is 1. The van der Waals surface area contributed by atoms with Crippen molar-refractivity contribution in [2.24, 2.45) is 13.0 Å². The average molecular weight is 425 g/mol. The predicted molar refractivity (Wildman–Crippen MR) is 122 cm³/mol. The van der Waals surface area contributed by atoms with Crippen LogP contribution in [0.4, 0.5) is 5.95 Å². The van der Waals surface area contributed by atoms with Crippen LogP contribution in [0.3, 0.4) is 0 Å². The van der Waals surface area contributed by atoms with Gasteiger partial charge in [-0.05, 0) is 49.5 Å². The molecule has 0 unspecified atom stereocenters. The van der Waals surface area contributed by atoms with Crippen LogP contribution in [0, 0.1) is 5.92 Å². The molecule has 0 saturated carbocycles. The van der Waals surface area contributed by atoms with E-state index in [2.05, 4.69) is 37.1 Å². The Morgan fingerprint density at radius 3 is 2.83 bits per heavy atom. The number of aromatic nitrogens is 4. The zero-order chi connectivity index (χ0) is 20.9. The number of fused-ring (bicyclic) bond motifs is 1. The van der Waals surface area contributed by atoms with Crippen molar-refractivity contribution in [3.8, 4) is 0 Å². The van der Waals surface area contributed by atoms with Gasteiger partial charge in [0, 0.05) is 32.5 Å². The van der Waals surface area contributed by atoms with Crippen molar-refractivity contribution in [1.29, 1.82) is 0 Å². The second kappa shape index (κ2) is 9.47. The highest BCUT2D eigenvalue weighted by Crippen LogP contribution is 2.25. The fourth-order valence-electron chi connectivity index (χ4n) is 4.09. The predicted octanol–water partition coefficient (Wildman–Crippen LogP) is 3.19. The van der Waals surface area contributed by atoms with E-state index in [4.69, 9.17) is 4.98 Å². The van der Waals surface area contributed by atoms with Crippen LogP contribution in [0.1, 0.15) is 31.1 Å². The Hall–Kier alpha value is -2.61. The molecule has 2 atom stereocenters. The summed E-state index contributed by atoms with van der Waals surface area (Å²) in [6, 6.07) is 9.81. The summed E-state index contributed by atoms with van der Waals surface area (Å²) >= 11 is 1.78. The first-order valence-electron chi connectivity index (χ1n) is 10.4. The molecule has 8 heteroatoms. The fraction of sp³-hybridized carbons (Fsp3) is 0.455. The maximum Gasteiger partial charge on any atom is 0.225 e. The number of anilines is 1. The van der Waals surface area contributed by atoms with Crippen LogP contribution in [-0.4, -0.2) is 50.5 Å². The summed E-state index contributed by atoms with van der Waals surface area (Å²) in [5.41, 5.74) is 2.05. The zero-order valence-electron chi connectivity index (χ0n) is 17.5. The van der Waals surface area contributed by atoms with Gasteiger partial charge in [0.25, 0.3) is 0 Å². The number of rotatable bonds is 7. The zero-order valence-corrected chi connectivity index (χ0v) is 18.3. The minimum absolute atomic E-state index is 0.0750. The lowest BCUT2D eigenvalue weighted by molar-refractivity contribution is -0.126.